The van der Waals surface area contributed by atoms with Crippen molar-refractivity contribution in [3.8, 4) is 11.3 Å². The maximum absolute atomic E-state index is 12.6. The summed E-state index contributed by atoms with van der Waals surface area (Å²) in [4.78, 5) is 37.3. The van der Waals surface area contributed by atoms with Crippen LogP contribution in [-0.2, 0) is 35.2 Å². The average molecular weight is 646 g/mol. The third-order valence-electron chi connectivity index (χ3n) is 4.32. The van der Waals surface area contributed by atoms with Crippen molar-refractivity contribution in [2.24, 2.45) is 0 Å². The molecule has 2 aromatic carbocycles. The molecule has 4 rings (SSSR count). The van der Waals surface area contributed by atoms with Crippen molar-refractivity contribution in [2.45, 2.75) is 11.8 Å². The molecule has 13 nitrogen and oxygen atoms in total. The van der Waals surface area contributed by atoms with E-state index in [0.29, 0.717) is 5.69 Å². The maximum Gasteiger partial charge on any atom is 0.300 e. The van der Waals surface area contributed by atoms with E-state index in [-0.39, 0.29) is 47.9 Å². The summed E-state index contributed by atoms with van der Waals surface area (Å²) < 4.78 is 27.7. The van der Waals surface area contributed by atoms with Gasteiger partial charge in [0.05, 0.1) is 26.1 Å². The minimum Gasteiger partial charge on any atom is -0.481 e. The molecule has 0 radical (unpaired) electrons. The van der Waals surface area contributed by atoms with Gasteiger partial charge in [0.2, 0.25) is 0 Å². The summed E-state index contributed by atoms with van der Waals surface area (Å²) in [5, 5.41) is 29.2. The van der Waals surface area contributed by atoms with Gasteiger partial charge in [0.25, 0.3) is 27.4 Å². The minimum absolute atomic E-state index is 0. The number of rotatable bonds is 6. The van der Waals surface area contributed by atoms with Crippen LogP contribution in [0.25, 0.3) is 11.3 Å². The second kappa shape index (κ2) is 15.6. The fraction of sp³-hybridized carbons (Fsp3) is 0.0417. The SMILES string of the molecule is CC(=O)O.O=[N+]([O-])c1ccc(S(=O)(=O)Nc2ccc([N+](=O)[O-])cc2-c2ccccn2)cc1.[Pd].c1ccncc1. The number of aliphatic carboxylic acids is 1. The van der Waals surface area contributed by atoms with E-state index in [1.165, 1.54) is 24.4 Å². The number of carbonyl (C=O) groups is 1. The second-order valence-corrected chi connectivity index (χ2v) is 8.78. The summed E-state index contributed by atoms with van der Waals surface area (Å²) >= 11 is 0. The van der Waals surface area contributed by atoms with Gasteiger partial charge in [-0.15, -0.1) is 0 Å². The number of aromatic nitrogens is 2. The number of nitrogens with zero attached hydrogens (tertiary/aromatic N) is 4. The molecule has 0 saturated heterocycles. The third-order valence-corrected chi connectivity index (χ3v) is 5.70. The zero-order chi connectivity index (χ0) is 28.1. The number of sulfonamides is 1. The molecule has 206 valence electrons. The van der Waals surface area contributed by atoms with Crippen molar-refractivity contribution in [1.82, 2.24) is 9.97 Å². The summed E-state index contributed by atoms with van der Waals surface area (Å²) in [5.41, 5.74) is 0.179. The zero-order valence-electron chi connectivity index (χ0n) is 20.1. The maximum atomic E-state index is 12.6. The molecular weight excluding hydrogens is 625 g/mol. The number of nitro groups is 2. The number of nitro benzene ring substituents is 2. The van der Waals surface area contributed by atoms with Crippen LogP contribution in [0.3, 0.4) is 0 Å². The van der Waals surface area contributed by atoms with Gasteiger partial charge in [0.15, 0.2) is 0 Å². The van der Waals surface area contributed by atoms with Gasteiger partial charge in [-0.25, -0.2) is 8.42 Å². The van der Waals surface area contributed by atoms with Gasteiger partial charge in [0.1, 0.15) is 0 Å². The van der Waals surface area contributed by atoms with Gasteiger partial charge in [-0.1, -0.05) is 12.1 Å². The van der Waals surface area contributed by atoms with Crippen LogP contribution < -0.4 is 4.72 Å². The molecule has 0 spiro atoms. The number of pyridine rings is 2. The van der Waals surface area contributed by atoms with E-state index in [0.717, 1.165) is 31.2 Å². The molecule has 2 N–H and O–H groups in total. The molecule has 0 aliphatic carbocycles. The standard InChI is InChI=1S/C17H12N4O6S.C5H5N.C2H4O2.Pd/c22-20(23)12-4-7-14(8-5-12)28(26,27)19-17-9-6-13(21(24)25)11-15(17)16-3-1-2-10-18-16;1-2-4-6-5-3-1;1-2(3)4;/h1-11,19H;1-5H;1H3,(H,3,4);. The first-order valence-corrected chi connectivity index (χ1v) is 12.0. The first-order valence-electron chi connectivity index (χ1n) is 10.5. The molecule has 0 aliphatic heterocycles. The van der Waals surface area contributed by atoms with Crippen molar-refractivity contribution in [1.29, 1.82) is 0 Å². The number of hydrogen-bond acceptors (Lipinski definition) is 9. The monoisotopic (exact) mass is 645 g/mol. The smallest absolute Gasteiger partial charge is 0.300 e. The Balaban J connectivity index is 0.000000584. The fourth-order valence-corrected chi connectivity index (χ4v) is 3.81. The van der Waals surface area contributed by atoms with E-state index in [4.69, 9.17) is 9.90 Å². The summed E-state index contributed by atoms with van der Waals surface area (Å²) in [7, 11) is -4.09. The van der Waals surface area contributed by atoms with Crippen LogP contribution >= 0.6 is 0 Å². The Labute approximate surface area is 236 Å². The van der Waals surface area contributed by atoms with Crippen LogP contribution in [0.1, 0.15) is 6.92 Å². The zero-order valence-corrected chi connectivity index (χ0v) is 22.4. The Morgan fingerprint density at radius 1 is 0.846 bits per heavy atom. The molecule has 0 unspecified atom stereocenters. The van der Waals surface area contributed by atoms with Crippen LogP contribution in [0.4, 0.5) is 17.1 Å². The van der Waals surface area contributed by atoms with E-state index in [9.17, 15) is 28.6 Å². The van der Waals surface area contributed by atoms with Gasteiger partial charge in [-0.05, 0) is 42.5 Å². The van der Waals surface area contributed by atoms with Crippen molar-refractivity contribution in [3.63, 3.8) is 0 Å². The van der Waals surface area contributed by atoms with Crippen LogP contribution in [0, 0.1) is 20.2 Å². The van der Waals surface area contributed by atoms with Crippen molar-refractivity contribution in [3.05, 3.63) is 118 Å². The van der Waals surface area contributed by atoms with Crippen LogP contribution in [0.15, 0.2) is 102 Å². The predicted octanol–water partition coefficient (Wildman–Crippen LogP) is 4.54. The van der Waals surface area contributed by atoms with Crippen LogP contribution in [0.5, 0.6) is 0 Å². The topological polar surface area (TPSA) is 196 Å². The third kappa shape index (κ3) is 10.7. The van der Waals surface area contributed by atoms with Gasteiger partial charge >= 0.3 is 0 Å². The summed E-state index contributed by atoms with van der Waals surface area (Å²) in [6.45, 7) is 1.08. The summed E-state index contributed by atoms with van der Waals surface area (Å²) in [6.07, 6.45) is 4.97. The van der Waals surface area contributed by atoms with Gasteiger partial charge in [-0.3, -0.25) is 39.7 Å². The molecule has 0 atom stereocenters. The number of anilines is 1. The quantitative estimate of drug-likeness (QED) is 0.171. The number of carboxylic acid groups (broad SMARTS) is 1. The Morgan fingerprint density at radius 2 is 1.38 bits per heavy atom. The Bertz CT molecular complexity index is 1460. The number of nitrogens with one attached hydrogen (secondary N) is 1. The normalized spacial score (nSPS) is 9.77. The van der Waals surface area contributed by atoms with Gasteiger partial charge in [-0.2, -0.15) is 0 Å². The second-order valence-electron chi connectivity index (χ2n) is 7.10. The Kier molecular flexibility index (Phi) is 13.0. The van der Waals surface area contributed by atoms with E-state index in [2.05, 4.69) is 14.7 Å². The first kappa shape index (κ1) is 32.5. The molecule has 0 fully saturated rings. The van der Waals surface area contributed by atoms with E-state index < -0.39 is 25.8 Å². The molecule has 2 aromatic heterocycles. The molecule has 0 amide bonds. The summed E-state index contributed by atoms with van der Waals surface area (Å²) in [5.74, 6) is -0.833. The first-order chi connectivity index (χ1) is 18.0. The fourth-order valence-electron chi connectivity index (χ4n) is 2.73. The molecule has 15 heteroatoms. The summed E-state index contributed by atoms with van der Waals surface area (Å²) in [6, 6.07) is 18.6. The van der Waals surface area contributed by atoms with Crippen LogP contribution in [-0.4, -0.2) is 39.3 Å². The van der Waals surface area contributed by atoms with E-state index >= 15 is 0 Å². The minimum atomic E-state index is -4.09. The van der Waals surface area contributed by atoms with E-state index in [1.54, 1.807) is 30.6 Å². The molecular formula is C24H21N5O8PdS. The van der Waals surface area contributed by atoms with Crippen LogP contribution in [0.2, 0.25) is 0 Å². The largest absolute Gasteiger partial charge is 0.481 e. The van der Waals surface area contributed by atoms with Crippen molar-refractivity contribution < 1.29 is 48.6 Å². The number of carboxylic acids is 1. The van der Waals surface area contributed by atoms with Crippen molar-refractivity contribution >= 4 is 33.1 Å². The molecule has 0 saturated carbocycles. The number of benzene rings is 2. The predicted molar refractivity (Wildman–Crippen MR) is 138 cm³/mol. The molecule has 2 heterocycles. The molecule has 0 aliphatic rings. The van der Waals surface area contributed by atoms with E-state index in [1.807, 2.05) is 18.2 Å². The number of non-ortho nitro benzene ring substituents is 2. The molecule has 39 heavy (non-hydrogen) atoms. The van der Waals surface area contributed by atoms with Crippen molar-refractivity contribution in [2.75, 3.05) is 4.72 Å². The molecule has 0 bridgehead atoms. The van der Waals surface area contributed by atoms with Gasteiger partial charge < -0.3 is 5.11 Å². The Morgan fingerprint density at radius 3 is 1.82 bits per heavy atom. The Hall–Kier alpha value is -4.58. The van der Waals surface area contributed by atoms with Gasteiger partial charge in [0, 0.05) is 75.8 Å². The number of hydrogen-bond donors (Lipinski definition) is 2. The average Bonchev–Trinajstić information content (AvgIpc) is 2.90. The molecule has 4 aromatic rings.